The summed E-state index contributed by atoms with van der Waals surface area (Å²) in [6.45, 7) is 2.23. The number of nitrogens with zero attached hydrogens (tertiary/aromatic N) is 1. The maximum absolute atomic E-state index is 12.6. The summed E-state index contributed by atoms with van der Waals surface area (Å²) in [7, 11) is 0. The van der Waals surface area contributed by atoms with Crippen molar-refractivity contribution in [2.45, 2.75) is 51.9 Å². The predicted octanol–water partition coefficient (Wildman–Crippen LogP) is 6.40. The minimum absolute atomic E-state index is 0.0168. The second-order valence-electron chi connectivity index (χ2n) is 7.80. The molecule has 0 bridgehead atoms. The number of carbonyl (C=O) groups excluding carboxylic acids is 1. The van der Waals surface area contributed by atoms with Crippen LogP contribution in [-0.2, 0) is 4.79 Å². The van der Waals surface area contributed by atoms with Gasteiger partial charge in [-0.1, -0.05) is 44.4 Å². The molecule has 0 atom stereocenters. The number of unbranched alkanes of at least 4 members (excludes halogenated alkanes) is 1. The van der Waals surface area contributed by atoms with E-state index in [4.69, 9.17) is 9.15 Å². The normalized spacial score (nSPS) is 19.6. The molecule has 4 rings (SSSR count). The Morgan fingerprint density at radius 1 is 1.11 bits per heavy atom. The zero-order valence-corrected chi connectivity index (χ0v) is 16.4. The number of oxazole rings is 1. The number of ether oxygens (including phenoxy) is 1. The molecule has 1 saturated carbocycles. The van der Waals surface area contributed by atoms with Crippen LogP contribution >= 0.6 is 0 Å². The van der Waals surface area contributed by atoms with Crippen molar-refractivity contribution in [2.75, 3.05) is 0 Å². The number of fused-ring (bicyclic) bond motifs is 1. The lowest BCUT2D eigenvalue weighted by molar-refractivity contribution is -0.140. The molecule has 1 fully saturated rings. The molecule has 0 radical (unpaired) electrons. The fourth-order valence-electron chi connectivity index (χ4n) is 4.05. The van der Waals surface area contributed by atoms with Crippen LogP contribution in [0.25, 0.3) is 22.6 Å². The van der Waals surface area contributed by atoms with Gasteiger partial charge in [0.25, 0.3) is 0 Å². The van der Waals surface area contributed by atoms with Crippen LogP contribution in [0.4, 0.5) is 0 Å². The van der Waals surface area contributed by atoms with E-state index in [0.29, 0.717) is 17.2 Å². The minimum Gasteiger partial charge on any atom is -0.436 e. The number of benzene rings is 2. The number of esters is 1. The molecule has 2 aromatic carbocycles. The smallest absolute Gasteiger partial charge is 0.314 e. The van der Waals surface area contributed by atoms with Gasteiger partial charge in [-0.2, -0.15) is 0 Å². The first-order valence-electron chi connectivity index (χ1n) is 10.4. The minimum atomic E-state index is -0.115. The van der Waals surface area contributed by atoms with E-state index in [2.05, 4.69) is 11.9 Å². The summed E-state index contributed by atoms with van der Waals surface area (Å²) in [6.07, 6.45) is 8.00. The topological polar surface area (TPSA) is 52.3 Å². The van der Waals surface area contributed by atoms with Crippen molar-refractivity contribution >= 4 is 17.1 Å². The van der Waals surface area contributed by atoms with E-state index in [0.717, 1.165) is 42.7 Å². The summed E-state index contributed by atoms with van der Waals surface area (Å²) in [5.41, 5.74) is 2.32. The van der Waals surface area contributed by atoms with Gasteiger partial charge in [0, 0.05) is 11.6 Å². The maximum Gasteiger partial charge on any atom is 0.314 e. The van der Waals surface area contributed by atoms with E-state index in [1.165, 1.54) is 19.3 Å². The summed E-state index contributed by atoms with van der Waals surface area (Å²) in [5.74, 6) is 1.79. The highest BCUT2D eigenvalue weighted by Gasteiger charge is 2.27. The fraction of sp³-hybridized carbons (Fsp3) is 0.417. The first kappa shape index (κ1) is 18.7. The summed E-state index contributed by atoms with van der Waals surface area (Å²) in [6, 6.07) is 15.2. The second kappa shape index (κ2) is 8.59. The number of hydrogen-bond acceptors (Lipinski definition) is 4. The molecule has 1 heterocycles. The Morgan fingerprint density at radius 3 is 2.64 bits per heavy atom. The predicted molar refractivity (Wildman–Crippen MR) is 110 cm³/mol. The third-order valence-corrected chi connectivity index (χ3v) is 5.75. The van der Waals surface area contributed by atoms with Gasteiger partial charge in [-0.15, -0.1) is 0 Å². The van der Waals surface area contributed by atoms with Crippen LogP contribution in [-0.4, -0.2) is 11.0 Å². The molecule has 28 heavy (non-hydrogen) atoms. The molecule has 3 aromatic rings. The third-order valence-electron chi connectivity index (χ3n) is 5.75. The molecule has 4 heteroatoms. The first-order chi connectivity index (χ1) is 13.7. The average Bonchev–Trinajstić information content (AvgIpc) is 3.17. The molecule has 1 aromatic heterocycles. The molecule has 0 aliphatic heterocycles. The fourth-order valence-corrected chi connectivity index (χ4v) is 4.05. The number of hydrogen-bond donors (Lipinski definition) is 0. The SMILES string of the molecule is CCCCC1CCC(C(=O)Oc2ccc3nc(-c4ccccc4)oc3c2)CC1. The van der Waals surface area contributed by atoms with Crippen molar-refractivity contribution in [3.05, 3.63) is 48.5 Å². The number of carbonyl (C=O) groups is 1. The molecular formula is C24H27NO3. The molecule has 0 unspecified atom stereocenters. The van der Waals surface area contributed by atoms with E-state index >= 15 is 0 Å². The molecule has 4 nitrogen and oxygen atoms in total. The monoisotopic (exact) mass is 377 g/mol. The van der Waals surface area contributed by atoms with Crippen molar-refractivity contribution in [2.24, 2.45) is 11.8 Å². The van der Waals surface area contributed by atoms with Crippen molar-refractivity contribution in [1.29, 1.82) is 0 Å². The highest BCUT2D eigenvalue weighted by Crippen LogP contribution is 2.33. The van der Waals surface area contributed by atoms with Crippen molar-refractivity contribution in [1.82, 2.24) is 4.98 Å². The highest BCUT2D eigenvalue weighted by molar-refractivity contribution is 5.80. The van der Waals surface area contributed by atoms with E-state index in [1.54, 1.807) is 12.1 Å². The Bertz CT molecular complexity index is 923. The number of aromatic nitrogens is 1. The standard InChI is InChI=1S/C24H27NO3/c1-2-3-7-17-10-12-19(13-11-17)24(26)27-20-14-15-21-22(16-20)28-23(25-21)18-8-5-4-6-9-18/h4-6,8-9,14-17,19H,2-3,7,10-13H2,1H3. The van der Waals surface area contributed by atoms with Crippen molar-refractivity contribution < 1.29 is 13.9 Å². The molecule has 1 aliphatic rings. The van der Waals surface area contributed by atoms with Gasteiger partial charge >= 0.3 is 5.97 Å². The quantitative estimate of drug-likeness (QED) is 0.368. The summed E-state index contributed by atoms with van der Waals surface area (Å²) >= 11 is 0. The highest BCUT2D eigenvalue weighted by atomic mass is 16.5. The Labute approximate surface area is 165 Å². The van der Waals surface area contributed by atoms with E-state index in [1.807, 2.05) is 36.4 Å². The van der Waals surface area contributed by atoms with Gasteiger partial charge in [-0.3, -0.25) is 4.79 Å². The molecule has 0 saturated heterocycles. The largest absolute Gasteiger partial charge is 0.436 e. The summed E-state index contributed by atoms with van der Waals surface area (Å²) < 4.78 is 11.5. The van der Waals surface area contributed by atoms with E-state index < -0.39 is 0 Å². The van der Waals surface area contributed by atoms with Crippen LogP contribution in [0.2, 0.25) is 0 Å². The molecule has 1 aliphatic carbocycles. The van der Waals surface area contributed by atoms with Crippen molar-refractivity contribution in [3.63, 3.8) is 0 Å². The van der Waals surface area contributed by atoms with Gasteiger partial charge in [-0.05, 0) is 55.9 Å². The summed E-state index contributed by atoms with van der Waals surface area (Å²) in [5, 5.41) is 0. The van der Waals surface area contributed by atoms with Crippen molar-refractivity contribution in [3.8, 4) is 17.2 Å². The molecule has 146 valence electrons. The Balaban J connectivity index is 1.40. The molecular weight excluding hydrogens is 350 g/mol. The van der Waals surface area contributed by atoms with Crippen LogP contribution in [0.15, 0.2) is 52.9 Å². The molecule has 0 amide bonds. The van der Waals surface area contributed by atoms with Crippen LogP contribution < -0.4 is 4.74 Å². The van der Waals surface area contributed by atoms with Gasteiger partial charge in [0.2, 0.25) is 5.89 Å². The zero-order valence-electron chi connectivity index (χ0n) is 16.4. The summed E-state index contributed by atoms with van der Waals surface area (Å²) in [4.78, 5) is 17.1. The molecule has 0 spiro atoms. The average molecular weight is 377 g/mol. The van der Waals surface area contributed by atoms with Gasteiger partial charge in [0.05, 0.1) is 5.92 Å². The number of rotatable bonds is 6. The van der Waals surface area contributed by atoms with Crippen LogP contribution in [0.5, 0.6) is 5.75 Å². The Kier molecular flexibility index (Phi) is 5.75. The van der Waals surface area contributed by atoms with Crippen LogP contribution in [0.3, 0.4) is 0 Å². The molecule has 0 N–H and O–H groups in total. The first-order valence-corrected chi connectivity index (χ1v) is 10.4. The zero-order chi connectivity index (χ0) is 19.3. The van der Waals surface area contributed by atoms with Gasteiger partial charge in [0.15, 0.2) is 5.58 Å². The van der Waals surface area contributed by atoms with E-state index in [-0.39, 0.29) is 11.9 Å². The third kappa shape index (κ3) is 4.27. The van der Waals surface area contributed by atoms with Crippen LogP contribution in [0, 0.1) is 11.8 Å². The Hall–Kier alpha value is -2.62. The van der Waals surface area contributed by atoms with E-state index in [9.17, 15) is 4.79 Å². The van der Waals surface area contributed by atoms with Gasteiger partial charge in [0.1, 0.15) is 11.3 Å². The lowest BCUT2D eigenvalue weighted by Crippen LogP contribution is -2.25. The van der Waals surface area contributed by atoms with Gasteiger partial charge in [-0.25, -0.2) is 4.98 Å². The second-order valence-corrected chi connectivity index (χ2v) is 7.80. The Morgan fingerprint density at radius 2 is 1.89 bits per heavy atom. The lowest BCUT2D eigenvalue weighted by atomic mass is 9.80. The lowest BCUT2D eigenvalue weighted by Gasteiger charge is -2.27. The van der Waals surface area contributed by atoms with Gasteiger partial charge < -0.3 is 9.15 Å². The maximum atomic E-state index is 12.6. The van der Waals surface area contributed by atoms with Crippen LogP contribution in [0.1, 0.15) is 51.9 Å².